The third-order valence-corrected chi connectivity index (χ3v) is 12.6. The predicted octanol–water partition coefficient (Wildman–Crippen LogP) is 7.25. The Bertz CT molecular complexity index is 1600. The molecule has 3 heterocycles. The normalized spacial score (nSPS) is 14.4. The topological polar surface area (TPSA) is 123 Å². The van der Waals surface area contributed by atoms with Crippen LogP contribution < -0.4 is 13.3 Å². The lowest BCUT2D eigenvalue weighted by Crippen LogP contribution is -2.41. The molecule has 0 unspecified atom stereocenters. The van der Waals surface area contributed by atoms with E-state index in [1.54, 1.807) is 12.4 Å². The maximum Gasteiger partial charge on any atom is 0.248 e. The van der Waals surface area contributed by atoms with Gasteiger partial charge in [-0.15, -0.1) is 0 Å². The molecule has 0 radical (unpaired) electrons. The number of unbranched alkanes of at least 4 members (excludes halogenated alkanes) is 4. The molecule has 0 saturated carbocycles. The van der Waals surface area contributed by atoms with Crippen LogP contribution in [0.5, 0.6) is 5.75 Å². The molecule has 260 valence electrons. The molecule has 1 fully saturated rings. The zero-order valence-electron chi connectivity index (χ0n) is 27.5. The van der Waals surface area contributed by atoms with Crippen LogP contribution >= 0.6 is 0 Å². The summed E-state index contributed by atoms with van der Waals surface area (Å²) in [7, 11) is -9.12. The van der Waals surface area contributed by atoms with Crippen LogP contribution in [0, 0.1) is 24.5 Å². The lowest BCUT2D eigenvalue weighted by atomic mass is 9.92. The zero-order chi connectivity index (χ0) is 34.0. The number of anilines is 2. The highest BCUT2D eigenvalue weighted by molar-refractivity contribution is 8.10. The predicted molar refractivity (Wildman–Crippen MR) is 180 cm³/mol. The Morgan fingerprint density at radius 2 is 1.47 bits per heavy atom. The minimum atomic E-state index is -4.56. The van der Waals surface area contributed by atoms with Gasteiger partial charge < -0.3 is 14.1 Å². The summed E-state index contributed by atoms with van der Waals surface area (Å²) < 4.78 is 94.7. The maximum atomic E-state index is 15.4. The van der Waals surface area contributed by atoms with Crippen molar-refractivity contribution in [3.05, 3.63) is 54.1 Å². The first-order valence-electron chi connectivity index (χ1n) is 16.5. The molecule has 47 heavy (non-hydrogen) atoms. The van der Waals surface area contributed by atoms with Crippen LogP contribution in [0.15, 0.2) is 41.1 Å². The van der Waals surface area contributed by atoms with Gasteiger partial charge in [-0.1, -0.05) is 39.5 Å². The van der Waals surface area contributed by atoms with Crippen molar-refractivity contribution in [3.63, 3.8) is 0 Å². The zero-order valence-corrected chi connectivity index (χ0v) is 29.1. The molecule has 14 heteroatoms. The average molecular weight is 697 g/mol. The number of aryl methyl sites for hydroxylation is 1. The van der Waals surface area contributed by atoms with Gasteiger partial charge in [0.1, 0.15) is 23.0 Å². The van der Waals surface area contributed by atoms with Crippen LogP contribution in [0.3, 0.4) is 0 Å². The Labute approximate surface area is 277 Å². The van der Waals surface area contributed by atoms with E-state index in [0.29, 0.717) is 44.0 Å². The van der Waals surface area contributed by atoms with E-state index in [9.17, 15) is 16.8 Å². The molecule has 1 aliphatic heterocycles. The van der Waals surface area contributed by atoms with Gasteiger partial charge in [0.2, 0.25) is 26.0 Å². The first-order valence-corrected chi connectivity index (χ1v) is 19.7. The fourth-order valence-corrected chi connectivity index (χ4v) is 9.88. The molecular weight excluding hydrogens is 651 g/mol. The number of furan rings is 1. The Kier molecular flexibility index (Phi) is 13.0. The number of aromatic nitrogens is 2. The van der Waals surface area contributed by atoms with Crippen molar-refractivity contribution in [1.29, 1.82) is 0 Å². The molecule has 3 aromatic rings. The van der Waals surface area contributed by atoms with Gasteiger partial charge in [0.25, 0.3) is 0 Å². The summed E-state index contributed by atoms with van der Waals surface area (Å²) in [5.41, 5.74) is -0.282. The van der Waals surface area contributed by atoms with Crippen LogP contribution in [0.2, 0.25) is 0 Å². The van der Waals surface area contributed by atoms with Gasteiger partial charge in [-0.25, -0.2) is 35.6 Å². The summed E-state index contributed by atoms with van der Waals surface area (Å²) in [6, 6.07) is 5.50. The van der Waals surface area contributed by atoms with Crippen molar-refractivity contribution in [3.8, 4) is 17.1 Å². The second-order valence-corrected chi connectivity index (χ2v) is 16.2. The number of ether oxygens (including phenoxy) is 1. The standard InChI is InChI=1S/C33H46F2N4O6S2/c1-4-6-8-19-46(40,41)39(47(42,43)20-9-7-5-2)32-29(34)21-28(22-30(32)35)44-18-10-11-26-14-16-38(17-15-26)33-36-23-27(24-37-33)31-13-12-25(3)45-31/h12-13,21-24,26H,4-11,14-20H2,1-3H3. The minimum Gasteiger partial charge on any atom is -0.493 e. The van der Waals surface area contributed by atoms with E-state index in [1.165, 1.54) is 0 Å². The van der Waals surface area contributed by atoms with E-state index >= 15 is 8.78 Å². The Morgan fingerprint density at radius 3 is 1.98 bits per heavy atom. The van der Waals surface area contributed by atoms with Gasteiger partial charge in [-0.2, -0.15) is 3.71 Å². The van der Waals surface area contributed by atoms with Crippen molar-refractivity contribution >= 4 is 31.7 Å². The van der Waals surface area contributed by atoms with E-state index < -0.39 is 48.9 Å². The molecule has 1 aromatic carbocycles. The largest absolute Gasteiger partial charge is 0.493 e. The van der Waals surface area contributed by atoms with E-state index in [-0.39, 0.29) is 28.9 Å². The van der Waals surface area contributed by atoms with Gasteiger partial charge in [-0.3, -0.25) is 0 Å². The van der Waals surface area contributed by atoms with E-state index in [0.717, 1.165) is 61.6 Å². The smallest absolute Gasteiger partial charge is 0.248 e. The number of halogens is 2. The lowest BCUT2D eigenvalue weighted by Gasteiger charge is -2.32. The molecule has 2 aromatic heterocycles. The van der Waals surface area contributed by atoms with Gasteiger partial charge in [0.05, 0.1) is 23.7 Å². The molecule has 1 saturated heterocycles. The molecule has 1 aliphatic rings. The van der Waals surface area contributed by atoms with E-state index in [2.05, 4.69) is 14.9 Å². The molecule has 10 nitrogen and oxygen atoms in total. The molecule has 0 spiro atoms. The van der Waals surface area contributed by atoms with Crippen molar-refractivity contribution in [1.82, 2.24) is 9.97 Å². The van der Waals surface area contributed by atoms with Gasteiger partial charge in [0.15, 0.2) is 11.6 Å². The Balaban J connectivity index is 1.32. The third kappa shape index (κ3) is 9.88. The maximum absolute atomic E-state index is 15.4. The van der Waals surface area contributed by atoms with Crippen molar-refractivity contribution in [2.75, 3.05) is 39.8 Å². The van der Waals surface area contributed by atoms with Gasteiger partial charge >= 0.3 is 0 Å². The molecule has 0 N–H and O–H groups in total. The summed E-state index contributed by atoms with van der Waals surface area (Å²) >= 11 is 0. The Morgan fingerprint density at radius 1 is 0.894 bits per heavy atom. The summed E-state index contributed by atoms with van der Waals surface area (Å²) in [5.74, 6) is -1.13. The number of hydrogen-bond donors (Lipinski definition) is 0. The first-order chi connectivity index (χ1) is 22.4. The highest BCUT2D eigenvalue weighted by Gasteiger charge is 2.38. The number of rotatable bonds is 18. The summed E-state index contributed by atoms with van der Waals surface area (Å²) in [5, 5.41) is 0. The number of piperidine rings is 1. The number of benzene rings is 1. The van der Waals surface area contributed by atoms with Gasteiger partial charge in [-0.05, 0) is 63.5 Å². The number of sulfonamides is 2. The lowest BCUT2D eigenvalue weighted by molar-refractivity contribution is 0.277. The monoisotopic (exact) mass is 696 g/mol. The molecule has 4 rings (SSSR count). The summed E-state index contributed by atoms with van der Waals surface area (Å²) in [6.45, 7) is 7.44. The van der Waals surface area contributed by atoms with Gasteiger partial charge in [0, 0.05) is 37.6 Å². The van der Waals surface area contributed by atoms with E-state index in [1.807, 2.05) is 32.9 Å². The van der Waals surface area contributed by atoms with Crippen LogP contribution in [-0.2, 0) is 20.0 Å². The van der Waals surface area contributed by atoms with Crippen LogP contribution in [0.1, 0.15) is 83.8 Å². The molecule has 0 aliphatic carbocycles. The van der Waals surface area contributed by atoms with Crippen LogP contribution in [0.4, 0.5) is 20.4 Å². The van der Waals surface area contributed by atoms with Crippen LogP contribution in [0.25, 0.3) is 11.3 Å². The highest BCUT2D eigenvalue weighted by atomic mass is 32.3. The van der Waals surface area contributed by atoms with Crippen molar-refractivity contribution < 1.29 is 34.8 Å². The average Bonchev–Trinajstić information content (AvgIpc) is 3.47. The van der Waals surface area contributed by atoms with Crippen LogP contribution in [-0.4, -0.2) is 58.0 Å². The second kappa shape index (κ2) is 16.7. The van der Waals surface area contributed by atoms with Crippen molar-refractivity contribution in [2.24, 2.45) is 5.92 Å². The van der Waals surface area contributed by atoms with E-state index in [4.69, 9.17) is 9.15 Å². The highest BCUT2D eigenvalue weighted by Crippen LogP contribution is 2.34. The Hall–Kier alpha value is -3.26. The number of nitrogens with zero attached hydrogens (tertiary/aromatic N) is 4. The molecular formula is C33H46F2N4O6S2. The summed E-state index contributed by atoms with van der Waals surface area (Å²) in [4.78, 5) is 11.2. The third-order valence-electron chi connectivity index (χ3n) is 8.28. The second-order valence-electron chi connectivity index (χ2n) is 12.1. The minimum absolute atomic E-state index is 0.0224. The fourth-order valence-electron chi connectivity index (χ4n) is 5.67. The quantitative estimate of drug-likeness (QED) is 0.127. The molecule has 0 atom stereocenters. The number of hydrogen-bond acceptors (Lipinski definition) is 9. The SMILES string of the molecule is CCCCCS(=O)(=O)N(c1c(F)cc(OCCCC2CCN(c3ncc(-c4ccc(C)o4)cn3)CC2)cc1F)S(=O)(=O)CCCCC. The first kappa shape index (κ1) is 36.6. The fraction of sp³-hybridized carbons (Fsp3) is 0.576. The molecule has 0 bridgehead atoms. The summed E-state index contributed by atoms with van der Waals surface area (Å²) in [6.07, 6.45) is 9.73. The van der Waals surface area contributed by atoms with Crippen molar-refractivity contribution in [2.45, 2.75) is 85.0 Å². The molecule has 0 amide bonds.